The van der Waals surface area contributed by atoms with Crippen molar-refractivity contribution in [2.75, 3.05) is 11.5 Å². The van der Waals surface area contributed by atoms with Crippen molar-refractivity contribution >= 4 is 70.6 Å². The van der Waals surface area contributed by atoms with Gasteiger partial charge in [-0.05, 0) is 24.3 Å². The normalized spacial score (nSPS) is 26.0. The van der Waals surface area contributed by atoms with Crippen LogP contribution in [0.15, 0.2) is 39.9 Å². The second-order valence-corrected chi connectivity index (χ2v) is 7.37. The van der Waals surface area contributed by atoms with Crippen LogP contribution >= 0.6 is 23.5 Å². The summed E-state index contributed by atoms with van der Waals surface area (Å²) in [6.45, 7) is 0. The fourth-order valence-electron chi connectivity index (χ4n) is 2.37. The summed E-state index contributed by atoms with van der Waals surface area (Å²) in [7, 11) is 0. The van der Waals surface area contributed by atoms with Crippen LogP contribution in [0.2, 0.25) is 0 Å². The predicted octanol–water partition coefficient (Wildman–Crippen LogP) is 1.73. The lowest BCUT2D eigenvalue weighted by molar-refractivity contribution is 0.910. The summed E-state index contributed by atoms with van der Waals surface area (Å²) in [6, 6.07) is -0.161. The Morgan fingerprint density at radius 3 is 1.67 bits per heavy atom. The summed E-state index contributed by atoms with van der Waals surface area (Å²) in [5.74, 6) is 3.51. The quantitative estimate of drug-likeness (QED) is 0.699. The molecule has 2 unspecified atom stereocenters. The van der Waals surface area contributed by atoms with Crippen molar-refractivity contribution in [2.24, 2.45) is 39.9 Å². The Bertz CT molecular complexity index is 695. The van der Waals surface area contributed by atoms with E-state index in [2.05, 4.69) is 39.9 Å². The van der Waals surface area contributed by atoms with Gasteiger partial charge in [0, 0.05) is 0 Å². The molecule has 0 aromatic rings. The smallest absolute Gasteiger partial charge is 0.163 e. The highest BCUT2D eigenvalue weighted by molar-refractivity contribution is 8.14. The number of fused-ring (bicyclic) bond motifs is 2. The van der Waals surface area contributed by atoms with E-state index in [1.54, 1.807) is 48.9 Å². The third-order valence-corrected chi connectivity index (χ3v) is 5.79. The van der Waals surface area contributed by atoms with Crippen LogP contribution in [-0.4, -0.2) is 70.7 Å². The van der Waals surface area contributed by atoms with Crippen LogP contribution in [0, 0.1) is 0 Å². The molecule has 2 atom stereocenters. The maximum atomic E-state index is 4.33. The monoisotopic (exact) mass is 358 g/mol. The molecule has 4 heterocycles. The van der Waals surface area contributed by atoms with Gasteiger partial charge in [-0.1, -0.05) is 0 Å². The molecule has 0 amide bonds. The van der Waals surface area contributed by atoms with Gasteiger partial charge in [-0.15, -0.1) is 23.5 Å². The van der Waals surface area contributed by atoms with Gasteiger partial charge in [-0.25, -0.2) is 30.0 Å². The number of thioether (sulfide) groups is 2. The first-order valence-electron chi connectivity index (χ1n) is 7.56. The number of amidine groups is 2. The molecule has 8 nitrogen and oxygen atoms in total. The van der Waals surface area contributed by atoms with Crippen LogP contribution in [0.4, 0.5) is 0 Å². The highest BCUT2D eigenvalue weighted by atomic mass is 32.2. The Kier molecular flexibility index (Phi) is 4.74. The van der Waals surface area contributed by atoms with Crippen molar-refractivity contribution in [1.82, 2.24) is 0 Å². The molecular formula is C14H14N8S2. The molecule has 0 fully saturated rings. The number of aliphatic imine (C=N–C) groups is 8. The van der Waals surface area contributed by atoms with Gasteiger partial charge in [0.15, 0.2) is 23.8 Å². The highest BCUT2D eigenvalue weighted by Crippen LogP contribution is 2.21. The Morgan fingerprint density at radius 2 is 1.17 bits per heavy atom. The first-order chi connectivity index (χ1) is 11.9. The maximum absolute atomic E-state index is 4.33. The molecule has 0 aromatic heterocycles. The van der Waals surface area contributed by atoms with E-state index in [1.165, 1.54) is 0 Å². The third kappa shape index (κ3) is 3.29. The molecule has 4 rings (SSSR count). The van der Waals surface area contributed by atoms with Crippen LogP contribution < -0.4 is 0 Å². The highest BCUT2D eigenvalue weighted by Gasteiger charge is 2.27. The van der Waals surface area contributed by atoms with Crippen LogP contribution in [0.1, 0.15) is 12.8 Å². The van der Waals surface area contributed by atoms with Crippen LogP contribution in [-0.2, 0) is 0 Å². The summed E-state index contributed by atoms with van der Waals surface area (Å²) in [5.41, 5.74) is 0. The van der Waals surface area contributed by atoms with Gasteiger partial charge in [-0.3, -0.25) is 9.98 Å². The molecule has 0 aliphatic carbocycles. The first kappa shape index (κ1) is 15.6. The van der Waals surface area contributed by atoms with E-state index in [0.717, 1.165) is 46.1 Å². The van der Waals surface area contributed by atoms with Gasteiger partial charge in [-0.2, -0.15) is 0 Å². The van der Waals surface area contributed by atoms with Crippen LogP contribution in [0.5, 0.6) is 0 Å². The Hall–Kier alpha value is -1.94. The summed E-state index contributed by atoms with van der Waals surface area (Å²) in [4.78, 5) is 33.8. The molecule has 4 aliphatic heterocycles. The SMILES string of the molecule is C1=NC2=NC=NC2C(SCCCCSC2=NC=NC3=NC=NC32)=N1. The van der Waals surface area contributed by atoms with Crippen molar-refractivity contribution in [2.45, 2.75) is 24.9 Å². The Labute approximate surface area is 147 Å². The molecule has 0 bridgehead atoms. The van der Waals surface area contributed by atoms with E-state index in [4.69, 9.17) is 0 Å². The van der Waals surface area contributed by atoms with E-state index in [1.807, 2.05) is 0 Å². The molecule has 24 heavy (non-hydrogen) atoms. The zero-order chi connectivity index (χ0) is 16.2. The minimum absolute atomic E-state index is 0.0804. The van der Waals surface area contributed by atoms with E-state index in [9.17, 15) is 0 Å². The minimum atomic E-state index is -0.0804. The van der Waals surface area contributed by atoms with Gasteiger partial charge < -0.3 is 0 Å². The van der Waals surface area contributed by atoms with E-state index in [-0.39, 0.29) is 12.1 Å². The fourth-order valence-corrected chi connectivity index (χ4v) is 4.38. The van der Waals surface area contributed by atoms with Crippen molar-refractivity contribution in [3.63, 3.8) is 0 Å². The second kappa shape index (κ2) is 7.31. The second-order valence-electron chi connectivity index (χ2n) is 5.14. The van der Waals surface area contributed by atoms with Crippen LogP contribution in [0.25, 0.3) is 0 Å². The third-order valence-electron chi connectivity index (χ3n) is 3.56. The summed E-state index contributed by atoms with van der Waals surface area (Å²) in [5, 5.41) is 1.97. The molecule has 4 aliphatic rings. The summed E-state index contributed by atoms with van der Waals surface area (Å²) in [6.07, 6.45) is 8.46. The zero-order valence-corrected chi connectivity index (χ0v) is 14.3. The predicted molar refractivity (Wildman–Crippen MR) is 105 cm³/mol. The maximum Gasteiger partial charge on any atom is 0.163 e. The molecule has 0 saturated heterocycles. The number of rotatable bonds is 5. The molecule has 0 radical (unpaired) electrons. The van der Waals surface area contributed by atoms with Crippen molar-refractivity contribution in [3.8, 4) is 0 Å². The molecule has 10 heteroatoms. The standard InChI is InChI=1S/C14H14N8S2/c1(3-23-13-9-11(17-5-15-9)19-7-21-13)2-4-24-14-10-12(18-6-16-10)20-8-22-14/h5-10H,1-4H2. The first-order valence-corrected chi connectivity index (χ1v) is 9.54. The molecule has 0 N–H and O–H groups in total. The average molecular weight is 358 g/mol. The number of hydrogen-bond donors (Lipinski definition) is 0. The summed E-state index contributed by atoms with van der Waals surface area (Å²) < 4.78 is 0. The number of hydrogen-bond acceptors (Lipinski definition) is 10. The zero-order valence-electron chi connectivity index (χ0n) is 12.7. The lowest BCUT2D eigenvalue weighted by atomic mass is 10.3. The van der Waals surface area contributed by atoms with Gasteiger partial charge in [0.05, 0.1) is 0 Å². The lowest BCUT2D eigenvalue weighted by Gasteiger charge is -2.14. The van der Waals surface area contributed by atoms with E-state index in [0.29, 0.717) is 0 Å². The van der Waals surface area contributed by atoms with Crippen molar-refractivity contribution < 1.29 is 0 Å². The molecule has 0 saturated carbocycles. The molecule has 0 aromatic carbocycles. The average Bonchev–Trinajstić information content (AvgIpc) is 3.27. The topological polar surface area (TPSA) is 98.9 Å². The van der Waals surface area contributed by atoms with Crippen molar-refractivity contribution in [1.29, 1.82) is 0 Å². The fraction of sp³-hybridized carbons (Fsp3) is 0.429. The number of nitrogens with zero attached hydrogens (tertiary/aromatic N) is 8. The lowest BCUT2D eigenvalue weighted by Crippen LogP contribution is -2.26. The Morgan fingerprint density at radius 1 is 0.667 bits per heavy atom. The molecular weight excluding hydrogens is 344 g/mol. The van der Waals surface area contributed by atoms with Gasteiger partial charge in [0.1, 0.15) is 35.4 Å². The van der Waals surface area contributed by atoms with Gasteiger partial charge >= 0.3 is 0 Å². The van der Waals surface area contributed by atoms with Gasteiger partial charge in [0.2, 0.25) is 0 Å². The van der Waals surface area contributed by atoms with E-state index < -0.39 is 0 Å². The molecule has 0 spiro atoms. The minimum Gasteiger partial charge on any atom is -0.255 e. The molecule has 122 valence electrons. The Balaban J connectivity index is 1.17. The largest absolute Gasteiger partial charge is 0.255 e. The van der Waals surface area contributed by atoms with E-state index >= 15 is 0 Å². The summed E-state index contributed by atoms with van der Waals surface area (Å²) >= 11 is 3.47. The van der Waals surface area contributed by atoms with Gasteiger partial charge in [0.25, 0.3) is 0 Å². The number of unbranched alkanes of at least 4 members (excludes halogenated alkanes) is 1. The van der Waals surface area contributed by atoms with Crippen LogP contribution in [0.3, 0.4) is 0 Å². The van der Waals surface area contributed by atoms with Crippen molar-refractivity contribution in [3.05, 3.63) is 0 Å².